The zero-order valence-corrected chi connectivity index (χ0v) is 8.44. The molecule has 0 spiro atoms. The van der Waals surface area contributed by atoms with E-state index >= 15 is 0 Å². The molecule has 86 valence electrons. The van der Waals surface area contributed by atoms with E-state index < -0.39 is 4.92 Å². The number of rotatable bonds is 3. The lowest BCUT2D eigenvalue weighted by atomic mass is 10.1. The molecule has 1 aromatic rings. The quantitative estimate of drug-likeness (QED) is 0.574. The van der Waals surface area contributed by atoms with E-state index in [4.69, 9.17) is 5.73 Å². The maximum absolute atomic E-state index is 11.0. The van der Waals surface area contributed by atoms with E-state index in [2.05, 4.69) is 10.2 Å². The Bertz CT molecular complexity index is 429. The van der Waals surface area contributed by atoms with E-state index in [-0.39, 0.29) is 23.7 Å². The van der Waals surface area contributed by atoms with Crippen molar-refractivity contribution in [2.75, 3.05) is 0 Å². The number of carbonyl (C=O) groups excluding carboxylic acids is 1. The van der Waals surface area contributed by atoms with Crippen molar-refractivity contribution in [1.82, 2.24) is 15.0 Å². The second-order valence-corrected chi connectivity index (χ2v) is 3.85. The lowest BCUT2D eigenvalue weighted by Gasteiger charge is -2.04. The summed E-state index contributed by atoms with van der Waals surface area (Å²) in [7, 11) is 0. The first-order valence-electron chi connectivity index (χ1n) is 4.93. The summed E-state index contributed by atoms with van der Waals surface area (Å²) in [5, 5.41) is 18.0. The van der Waals surface area contributed by atoms with Crippen LogP contribution >= 0.6 is 0 Å². The van der Waals surface area contributed by atoms with Crippen LogP contribution in [-0.2, 0) is 4.79 Å². The van der Waals surface area contributed by atoms with Gasteiger partial charge < -0.3 is 15.8 Å². The van der Waals surface area contributed by atoms with Crippen molar-refractivity contribution in [1.29, 1.82) is 0 Å². The molecule has 0 aromatic carbocycles. The molecule has 1 aliphatic carbocycles. The van der Waals surface area contributed by atoms with Gasteiger partial charge in [-0.25, -0.2) is 0 Å². The number of nitrogens with zero attached hydrogens (tertiary/aromatic N) is 4. The highest BCUT2D eigenvalue weighted by atomic mass is 16.6. The van der Waals surface area contributed by atoms with Gasteiger partial charge in [0, 0.05) is 5.92 Å². The minimum Gasteiger partial charge on any atom is -0.369 e. The number of hydrogen-bond donors (Lipinski definition) is 1. The predicted molar refractivity (Wildman–Crippen MR) is 52.2 cm³/mol. The van der Waals surface area contributed by atoms with E-state index in [1.807, 2.05) is 0 Å². The van der Waals surface area contributed by atoms with Crippen LogP contribution < -0.4 is 5.73 Å². The van der Waals surface area contributed by atoms with Crippen LogP contribution in [0.4, 0.5) is 5.82 Å². The third-order valence-corrected chi connectivity index (χ3v) is 2.82. The molecular formula is C8H11N5O3. The Kier molecular flexibility index (Phi) is 2.55. The first kappa shape index (κ1) is 10.5. The highest BCUT2D eigenvalue weighted by molar-refractivity contribution is 5.76. The minimum atomic E-state index is -0.593. The Labute approximate surface area is 90.6 Å². The molecule has 1 aromatic heterocycles. The molecule has 1 heterocycles. The van der Waals surface area contributed by atoms with Crippen LogP contribution in [0.15, 0.2) is 6.20 Å². The summed E-state index contributed by atoms with van der Waals surface area (Å²) in [5.41, 5.74) is 5.19. The number of nitro groups is 1. The molecule has 1 amide bonds. The average Bonchev–Trinajstić information content (AvgIpc) is 2.86. The molecule has 2 rings (SSSR count). The normalized spacial score (nSPS) is 24.5. The van der Waals surface area contributed by atoms with Crippen molar-refractivity contribution in [2.45, 2.75) is 25.3 Å². The van der Waals surface area contributed by atoms with Gasteiger partial charge in [-0.1, -0.05) is 4.80 Å². The Morgan fingerprint density at radius 3 is 2.88 bits per heavy atom. The summed E-state index contributed by atoms with van der Waals surface area (Å²) < 4.78 is 0. The first-order chi connectivity index (χ1) is 7.58. The third kappa shape index (κ3) is 1.86. The number of nitrogens with two attached hydrogens (primary N) is 1. The monoisotopic (exact) mass is 225 g/mol. The largest absolute Gasteiger partial charge is 0.410 e. The number of amides is 1. The summed E-state index contributed by atoms with van der Waals surface area (Å²) in [6.45, 7) is 0. The molecule has 1 fully saturated rings. The zero-order valence-electron chi connectivity index (χ0n) is 8.44. The topological polar surface area (TPSA) is 117 Å². The standard InChI is InChI=1S/C8H11N5O3/c9-8(14)5-1-2-6(3-5)12-10-4-7(11-12)13(15)16/h4-6H,1-3H2,(H2,9,14). The van der Waals surface area contributed by atoms with Gasteiger partial charge in [0.15, 0.2) is 6.20 Å². The van der Waals surface area contributed by atoms with Gasteiger partial charge in [-0.15, -0.1) is 5.10 Å². The highest BCUT2D eigenvalue weighted by Gasteiger charge is 2.32. The summed E-state index contributed by atoms with van der Waals surface area (Å²) in [6.07, 6.45) is 3.08. The van der Waals surface area contributed by atoms with E-state index in [0.29, 0.717) is 12.8 Å². The van der Waals surface area contributed by atoms with Gasteiger partial charge in [0.1, 0.15) is 0 Å². The molecule has 1 aliphatic rings. The van der Waals surface area contributed by atoms with Crippen molar-refractivity contribution in [3.63, 3.8) is 0 Å². The van der Waals surface area contributed by atoms with Crippen molar-refractivity contribution in [2.24, 2.45) is 11.7 Å². The second kappa shape index (κ2) is 3.87. The van der Waals surface area contributed by atoms with E-state index in [9.17, 15) is 14.9 Å². The highest BCUT2D eigenvalue weighted by Crippen LogP contribution is 2.33. The van der Waals surface area contributed by atoms with E-state index in [0.717, 1.165) is 12.6 Å². The molecule has 2 N–H and O–H groups in total. The van der Waals surface area contributed by atoms with Crippen molar-refractivity contribution in [3.05, 3.63) is 16.3 Å². The van der Waals surface area contributed by atoms with Crippen molar-refractivity contribution >= 4 is 11.7 Å². The average molecular weight is 225 g/mol. The number of hydrogen-bond acceptors (Lipinski definition) is 5. The van der Waals surface area contributed by atoms with Crippen LogP contribution in [0.1, 0.15) is 25.3 Å². The van der Waals surface area contributed by atoms with Gasteiger partial charge in [-0.3, -0.25) is 4.79 Å². The Balaban J connectivity index is 2.08. The summed E-state index contributed by atoms with van der Waals surface area (Å²) >= 11 is 0. The number of carbonyl (C=O) groups is 1. The number of primary amides is 1. The minimum absolute atomic E-state index is 0.0637. The molecule has 2 atom stereocenters. The molecule has 16 heavy (non-hydrogen) atoms. The summed E-state index contributed by atoms with van der Waals surface area (Å²) in [6, 6.07) is -0.0637. The van der Waals surface area contributed by atoms with Crippen LogP contribution in [0.25, 0.3) is 0 Å². The SMILES string of the molecule is NC(=O)C1CCC(n2ncc([N+](=O)[O-])n2)C1. The number of aromatic nitrogens is 3. The van der Waals surface area contributed by atoms with Crippen molar-refractivity contribution in [3.8, 4) is 0 Å². The smallest absolute Gasteiger partial charge is 0.369 e. The lowest BCUT2D eigenvalue weighted by molar-refractivity contribution is -0.389. The van der Waals surface area contributed by atoms with Gasteiger partial charge >= 0.3 is 5.82 Å². The fraction of sp³-hybridized carbons (Fsp3) is 0.625. The van der Waals surface area contributed by atoms with Gasteiger partial charge in [-0.05, 0) is 24.2 Å². The van der Waals surface area contributed by atoms with E-state index in [1.54, 1.807) is 0 Å². The fourth-order valence-corrected chi connectivity index (χ4v) is 1.95. The molecule has 1 saturated carbocycles. The molecule has 8 heteroatoms. The van der Waals surface area contributed by atoms with Gasteiger partial charge in [-0.2, -0.15) is 0 Å². The maximum Gasteiger partial charge on any atom is 0.410 e. The molecule has 0 radical (unpaired) electrons. The molecule has 0 saturated heterocycles. The maximum atomic E-state index is 11.0. The molecule has 2 unspecified atom stereocenters. The second-order valence-electron chi connectivity index (χ2n) is 3.85. The molecular weight excluding hydrogens is 214 g/mol. The molecule has 0 aliphatic heterocycles. The molecule has 8 nitrogen and oxygen atoms in total. The Morgan fingerprint density at radius 1 is 1.62 bits per heavy atom. The van der Waals surface area contributed by atoms with Crippen molar-refractivity contribution < 1.29 is 9.72 Å². The summed E-state index contributed by atoms with van der Waals surface area (Å²) in [4.78, 5) is 22.1. The van der Waals surface area contributed by atoms with E-state index in [1.165, 1.54) is 4.80 Å². The fourth-order valence-electron chi connectivity index (χ4n) is 1.95. The van der Waals surface area contributed by atoms with Crippen LogP contribution in [0, 0.1) is 16.0 Å². The van der Waals surface area contributed by atoms with Crippen LogP contribution in [0.5, 0.6) is 0 Å². The van der Waals surface area contributed by atoms with Crippen LogP contribution in [-0.4, -0.2) is 25.8 Å². The Morgan fingerprint density at radius 2 is 2.38 bits per heavy atom. The zero-order chi connectivity index (χ0) is 11.7. The first-order valence-corrected chi connectivity index (χ1v) is 4.93. The van der Waals surface area contributed by atoms with Gasteiger partial charge in [0.05, 0.1) is 11.1 Å². The third-order valence-electron chi connectivity index (χ3n) is 2.82. The van der Waals surface area contributed by atoms with Gasteiger partial charge in [0.2, 0.25) is 5.91 Å². The van der Waals surface area contributed by atoms with Gasteiger partial charge in [0.25, 0.3) is 0 Å². The Hall–Kier alpha value is -1.99. The summed E-state index contributed by atoms with van der Waals surface area (Å²) in [5.74, 6) is -0.776. The molecule has 0 bridgehead atoms. The van der Waals surface area contributed by atoms with Crippen LogP contribution in [0.3, 0.4) is 0 Å². The van der Waals surface area contributed by atoms with Crippen LogP contribution in [0.2, 0.25) is 0 Å². The lowest BCUT2D eigenvalue weighted by Crippen LogP contribution is -2.21. The predicted octanol–water partition coefficient (Wildman–Crippen LogP) is 0.0128.